The van der Waals surface area contributed by atoms with Gasteiger partial charge in [0.2, 0.25) is 0 Å². The van der Waals surface area contributed by atoms with Gasteiger partial charge in [0, 0.05) is 6.08 Å². The Labute approximate surface area is 105 Å². The molecule has 0 aliphatic heterocycles. The van der Waals surface area contributed by atoms with E-state index in [-0.39, 0.29) is 0 Å². The first-order valence-corrected chi connectivity index (χ1v) is 6.49. The van der Waals surface area contributed by atoms with Crippen LogP contribution in [-0.4, -0.2) is 11.1 Å². The van der Waals surface area contributed by atoms with E-state index in [0.717, 1.165) is 17.9 Å². The minimum absolute atomic E-state index is 0.683. The lowest BCUT2D eigenvalue weighted by molar-refractivity contribution is -0.131. The van der Waals surface area contributed by atoms with E-state index in [9.17, 15) is 4.79 Å². The summed E-state index contributed by atoms with van der Waals surface area (Å²) in [5.74, 6) is 0.596. The van der Waals surface area contributed by atoms with Crippen molar-refractivity contribution in [3.63, 3.8) is 0 Å². The molecule has 0 saturated heterocycles. The molecule has 0 aliphatic carbocycles. The van der Waals surface area contributed by atoms with Gasteiger partial charge < -0.3 is 5.11 Å². The van der Waals surface area contributed by atoms with Gasteiger partial charge in [-0.2, -0.15) is 0 Å². The summed E-state index contributed by atoms with van der Waals surface area (Å²) in [6, 6.07) is 0. The zero-order valence-electron chi connectivity index (χ0n) is 11.6. The first-order chi connectivity index (χ1) is 7.91. The second-order valence-electron chi connectivity index (χ2n) is 5.29. The molecule has 0 bridgehead atoms. The van der Waals surface area contributed by atoms with Crippen LogP contribution < -0.4 is 0 Å². The van der Waals surface area contributed by atoms with Gasteiger partial charge in [-0.3, -0.25) is 0 Å². The molecule has 2 nitrogen and oxygen atoms in total. The van der Waals surface area contributed by atoms with Crippen LogP contribution in [0.2, 0.25) is 0 Å². The Kier molecular flexibility index (Phi) is 8.47. The number of hydrogen-bond donors (Lipinski definition) is 1. The van der Waals surface area contributed by atoms with Crippen LogP contribution in [0.15, 0.2) is 23.8 Å². The SMILES string of the molecule is CC(=C/C(=O)O)/C=C/C[C@@H](C)CCCC(C)C. The van der Waals surface area contributed by atoms with Crippen molar-refractivity contribution in [1.29, 1.82) is 0 Å². The second kappa shape index (κ2) is 9.03. The molecule has 0 saturated carbocycles. The standard InChI is InChI=1S/C15H26O2/c1-12(2)7-5-8-13(3)9-6-10-14(4)11-15(16)17/h6,10-13H,5,7-9H2,1-4H3,(H,16,17)/b10-6+,14-11-/t13-/m0/s1. The Morgan fingerprint density at radius 3 is 2.41 bits per heavy atom. The van der Waals surface area contributed by atoms with Crippen molar-refractivity contribution in [3.05, 3.63) is 23.8 Å². The molecule has 1 N–H and O–H groups in total. The van der Waals surface area contributed by atoms with E-state index in [1.807, 2.05) is 13.0 Å². The van der Waals surface area contributed by atoms with Crippen LogP contribution in [0.25, 0.3) is 0 Å². The van der Waals surface area contributed by atoms with Crippen molar-refractivity contribution in [2.45, 2.75) is 53.4 Å². The van der Waals surface area contributed by atoms with Crippen LogP contribution in [0.4, 0.5) is 0 Å². The van der Waals surface area contributed by atoms with E-state index < -0.39 is 5.97 Å². The molecule has 0 aromatic heterocycles. The number of rotatable bonds is 8. The van der Waals surface area contributed by atoms with Crippen molar-refractivity contribution < 1.29 is 9.90 Å². The molecular formula is C15H26O2. The Bertz CT molecular complexity index is 275. The molecule has 17 heavy (non-hydrogen) atoms. The predicted octanol–water partition coefficient (Wildman–Crippen LogP) is 4.43. The van der Waals surface area contributed by atoms with E-state index >= 15 is 0 Å². The number of carboxylic acids is 1. The van der Waals surface area contributed by atoms with Gasteiger partial charge in [0.05, 0.1) is 0 Å². The first-order valence-electron chi connectivity index (χ1n) is 6.49. The number of carboxylic acid groups (broad SMARTS) is 1. The predicted molar refractivity (Wildman–Crippen MR) is 73.0 cm³/mol. The third-order valence-electron chi connectivity index (χ3n) is 2.75. The summed E-state index contributed by atoms with van der Waals surface area (Å²) in [7, 11) is 0. The van der Waals surface area contributed by atoms with Crippen molar-refractivity contribution in [2.24, 2.45) is 11.8 Å². The molecule has 0 aliphatic rings. The quantitative estimate of drug-likeness (QED) is 0.502. The molecule has 0 aromatic carbocycles. The van der Waals surface area contributed by atoms with Gasteiger partial charge in [-0.1, -0.05) is 52.2 Å². The first kappa shape index (κ1) is 16.0. The molecule has 0 heterocycles. The Balaban J connectivity index is 3.79. The van der Waals surface area contributed by atoms with E-state index in [1.54, 1.807) is 0 Å². The van der Waals surface area contributed by atoms with E-state index in [4.69, 9.17) is 5.11 Å². The van der Waals surface area contributed by atoms with Crippen LogP contribution in [0.5, 0.6) is 0 Å². The van der Waals surface area contributed by atoms with Crippen molar-refractivity contribution in [3.8, 4) is 0 Å². The zero-order chi connectivity index (χ0) is 13.3. The summed E-state index contributed by atoms with van der Waals surface area (Å²) >= 11 is 0. The van der Waals surface area contributed by atoms with Gasteiger partial charge in [0.1, 0.15) is 0 Å². The Hall–Kier alpha value is -1.05. The summed E-state index contributed by atoms with van der Waals surface area (Å²) in [5, 5.41) is 8.55. The monoisotopic (exact) mass is 238 g/mol. The van der Waals surface area contributed by atoms with Crippen LogP contribution in [0.1, 0.15) is 53.4 Å². The third kappa shape index (κ3) is 11.2. The van der Waals surface area contributed by atoms with Gasteiger partial charge in [0.25, 0.3) is 0 Å². The second-order valence-corrected chi connectivity index (χ2v) is 5.29. The lowest BCUT2D eigenvalue weighted by Crippen LogP contribution is -1.95. The van der Waals surface area contributed by atoms with E-state index in [1.165, 1.54) is 25.3 Å². The van der Waals surface area contributed by atoms with Gasteiger partial charge >= 0.3 is 5.97 Å². The molecule has 0 radical (unpaired) electrons. The highest BCUT2D eigenvalue weighted by molar-refractivity contribution is 5.81. The molecule has 1 atom stereocenters. The zero-order valence-corrected chi connectivity index (χ0v) is 11.6. The average molecular weight is 238 g/mol. The van der Waals surface area contributed by atoms with E-state index in [0.29, 0.717) is 5.92 Å². The third-order valence-corrected chi connectivity index (χ3v) is 2.75. The maximum atomic E-state index is 10.4. The lowest BCUT2D eigenvalue weighted by atomic mass is 9.97. The van der Waals surface area contributed by atoms with Crippen LogP contribution >= 0.6 is 0 Å². The highest BCUT2D eigenvalue weighted by atomic mass is 16.4. The van der Waals surface area contributed by atoms with Crippen molar-refractivity contribution in [2.75, 3.05) is 0 Å². The minimum Gasteiger partial charge on any atom is -0.478 e. The van der Waals surface area contributed by atoms with Crippen molar-refractivity contribution >= 4 is 5.97 Å². The fourth-order valence-corrected chi connectivity index (χ4v) is 1.72. The van der Waals surface area contributed by atoms with Crippen LogP contribution in [0.3, 0.4) is 0 Å². The minimum atomic E-state index is -0.878. The highest BCUT2D eigenvalue weighted by Crippen LogP contribution is 2.15. The van der Waals surface area contributed by atoms with Crippen molar-refractivity contribution in [1.82, 2.24) is 0 Å². The molecule has 0 unspecified atom stereocenters. The maximum Gasteiger partial charge on any atom is 0.328 e. The fourth-order valence-electron chi connectivity index (χ4n) is 1.72. The molecular weight excluding hydrogens is 212 g/mol. The number of carbonyl (C=O) groups is 1. The largest absolute Gasteiger partial charge is 0.478 e. The Morgan fingerprint density at radius 2 is 1.88 bits per heavy atom. The number of allylic oxidation sites excluding steroid dienone is 3. The Morgan fingerprint density at radius 1 is 1.24 bits per heavy atom. The smallest absolute Gasteiger partial charge is 0.328 e. The van der Waals surface area contributed by atoms with Crippen LogP contribution in [0, 0.1) is 11.8 Å². The molecule has 0 aromatic rings. The summed E-state index contributed by atoms with van der Waals surface area (Å²) < 4.78 is 0. The lowest BCUT2D eigenvalue weighted by Gasteiger charge is -2.09. The molecule has 0 amide bonds. The van der Waals surface area contributed by atoms with E-state index in [2.05, 4.69) is 26.8 Å². The molecule has 2 heteroatoms. The topological polar surface area (TPSA) is 37.3 Å². The summed E-state index contributed by atoms with van der Waals surface area (Å²) in [5.41, 5.74) is 0.798. The van der Waals surface area contributed by atoms with Gasteiger partial charge in [-0.25, -0.2) is 4.79 Å². The van der Waals surface area contributed by atoms with Gasteiger partial charge in [-0.05, 0) is 30.8 Å². The summed E-state index contributed by atoms with van der Waals surface area (Å²) in [4.78, 5) is 10.4. The highest BCUT2D eigenvalue weighted by Gasteiger charge is 2.01. The molecule has 0 spiro atoms. The van der Waals surface area contributed by atoms with Crippen LogP contribution in [-0.2, 0) is 4.79 Å². The summed E-state index contributed by atoms with van der Waals surface area (Å²) in [6.07, 6.45) is 10.1. The average Bonchev–Trinajstić information content (AvgIpc) is 2.15. The summed E-state index contributed by atoms with van der Waals surface area (Å²) in [6.45, 7) is 8.57. The van der Waals surface area contributed by atoms with Gasteiger partial charge in [-0.15, -0.1) is 0 Å². The molecule has 0 rings (SSSR count). The van der Waals surface area contributed by atoms with Gasteiger partial charge in [0.15, 0.2) is 0 Å². The molecule has 98 valence electrons. The number of aliphatic carboxylic acids is 1. The fraction of sp³-hybridized carbons (Fsp3) is 0.667. The molecule has 0 fully saturated rings. The maximum absolute atomic E-state index is 10.4. The number of hydrogen-bond acceptors (Lipinski definition) is 1. The normalized spacial score (nSPS) is 14.5.